The van der Waals surface area contributed by atoms with E-state index in [0.29, 0.717) is 36.9 Å². The van der Waals surface area contributed by atoms with Gasteiger partial charge in [-0.2, -0.15) is 0 Å². The van der Waals surface area contributed by atoms with Crippen LogP contribution in [-0.4, -0.2) is 47.8 Å². The molecular formula is C21H29ClN2O2. The first-order valence-corrected chi connectivity index (χ1v) is 10.3. The number of hydrogen-bond acceptors (Lipinski definition) is 2. The molecular weight excluding hydrogens is 348 g/mol. The predicted octanol–water partition coefficient (Wildman–Crippen LogP) is 3.91. The van der Waals surface area contributed by atoms with E-state index < -0.39 is 0 Å². The van der Waals surface area contributed by atoms with E-state index in [1.165, 1.54) is 12.8 Å². The molecule has 0 spiro atoms. The third-order valence-electron chi connectivity index (χ3n) is 5.63. The van der Waals surface area contributed by atoms with Crippen LogP contribution in [0, 0.1) is 5.92 Å². The molecule has 2 aliphatic rings. The molecule has 2 amide bonds. The highest BCUT2D eigenvalue weighted by Crippen LogP contribution is 2.22. The Balaban J connectivity index is 1.43. The fourth-order valence-electron chi connectivity index (χ4n) is 4.03. The van der Waals surface area contributed by atoms with Gasteiger partial charge in [-0.1, -0.05) is 36.6 Å². The lowest BCUT2D eigenvalue weighted by atomic mass is 9.94. The molecule has 142 valence electrons. The van der Waals surface area contributed by atoms with Gasteiger partial charge in [-0.3, -0.25) is 9.59 Å². The van der Waals surface area contributed by atoms with E-state index >= 15 is 0 Å². The van der Waals surface area contributed by atoms with Gasteiger partial charge in [-0.25, -0.2) is 0 Å². The van der Waals surface area contributed by atoms with Crippen LogP contribution in [0.2, 0.25) is 5.02 Å². The molecule has 5 heteroatoms. The molecule has 0 unspecified atom stereocenters. The number of carbonyl (C=O) groups is 2. The van der Waals surface area contributed by atoms with Crippen molar-refractivity contribution >= 4 is 23.4 Å². The van der Waals surface area contributed by atoms with Crippen molar-refractivity contribution in [3.8, 4) is 0 Å². The van der Waals surface area contributed by atoms with Crippen molar-refractivity contribution in [2.75, 3.05) is 26.2 Å². The summed E-state index contributed by atoms with van der Waals surface area (Å²) in [6.07, 6.45) is 7.57. The topological polar surface area (TPSA) is 40.6 Å². The third kappa shape index (κ3) is 5.23. The molecule has 1 aromatic rings. The van der Waals surface area contributed by atoms with Gasteiger partial charge in [-0.15, -0.1) is 0 Å². The van der Waals surface area contributed by atoms with Gasteiger partial charge in [0.05, 0.1) is 0 Å². The Hall–Kier alpha value is -1.55. The zero-order valence-corrected chi connectivity index (χ0v) is 16.2. The summed E-state index contributed by atoms with van der Waals surface area (Å²) in [5.41, 5.74) is 1.09. The zero-order valence-electron chi connectivity index (χ0n) is 15.5. The van der Waals surface area contributed by atoms with E-state index in [9.17, 15) is 9.59 Å². The average Bonchev–Trinajstić information content (AvgIpc) is 2.95. The summed E-state index contributed by atoms with van der Waals surface area (Å²) in [6.45, 7) is 3.24. The second kappa shape index (κ2) is 9.40. The second-order valence-electron chi connectivity index (χ2n) is 7.52. The SMILES string of the molecule is O=C(CCc1cccc(Cl)c1)N1CCC(C(=O)N2CCCCCC2)CC1. The second-order valence-corrected chi connectivity index (χ2v) is 7.96. The molecule has 2 fully saturated rings. The van der Waals surface area contributed by atoms with Gasteiger partial charge < -0.3 is 9.80 Å². The molecule has 0 N–H and O–H groups in total. The number of benzene rings is 1. The molecule has 26 heavy (non-hydrogen) atoms. The highest BCUT2D eigenvalue weighted by Gasteiger charge is 2.30. The van der Waals surface area contributed by atoms with E-state index in [1.807, 2.05) is 29.2 Å². The first-order valence-electron chi connectivity index (χ1n) is 9.94. The Morgan fingerprint density at radius 1 is 0.962 bits per heavy atom. The Kier molecular flexibility index (Phi) is 6.95. The van der Waals surface area contributed by atoms with Crippen LogP contribution in [-0.2, 0) is 16.0 Å². The van der Waals surface area contributed by atoms with Crippen molar-refractivity contribution in [3.05, 3.63) is 34.9 Å². The smallest absolute Gasteiger partial charge is 0.225 e. The summed E-state index contributed by atoms with van der Waals surface area (Å²) in [7, 11) is 0. The van der Waals surface area contributed by atoms with Crippen LogP contribution >= 0.6 is 11.6 Å². The lowest BCUT2D eigenvalue weighted by Gasteiger charge is -2.34. The third-order valence-corrected chi connectivity index (χ3v) is 5.87. The maximum atomic E-state index is 12.7. The molecule has 0 saturated carbocycles. The van der Waals surface area contributed by atoms with Crippen LogP contribution in [0.25, 0.3) is 0 Å². The molecule has 0 aromatic heterocycles. The lowest BCUT2D eigenvalue weighted by molar-refractivity contribution is -0.140. The maximum absolute atomic E-state index is 12.7. The molecule has 0 bridgehead atoms. The molecule has 2 heterocycles. The van der Waals surface area contributed by atoms with Crippen LogP contribution in [0.1, 0.15) is 50.5 Å². The van der Waals surface area contributed by atoms with E-state index in [2.05, 4.69) is 4.90 Å². The van der Waals surface area contributed by atoms with Crippen LogP contribution < -0.4 is 0 Å². The molecule has 2 saturated heterocycles. The fraction of sp³-hybridized carbons (Fsp3) is 0.619. The highest BCUT2D eigenvalue weighted by molar-refractivity contribution is 6.30. The minimum atomic E-state index is 0.102. The van der Waals surface area contributed by atoms with E-state index in [0.717, 1.165) is 44.3 Å². The quantitative estimate of drug-likeness (QED) is 0.799. The molecule has 1 aromatic carbocycles. The van der Waals surface area contributed by atoms with E-state index in [1.54, 1.807) is 0 Å². The molecule has 3 rings (SSSR count). The summed E-state index contributed by atoms with van der Waals surface area (Å²) in [6, 6.07) is 7.69. The lowest BCUT2D eigenvalue weighted by Crippen LogP contribution is -2.44. The van der Waals surface area contributed by atoms with Crippen LogP contribution in [0.5, 0.6) is 0 Å². The Morgan fingerprint density at radius 3 is 2.31 bits per heavy atom. The summed E-state index contributed by atoms with van der Waals surface area (Å²) in [5, 5.41) is 0.711. The summed E-state index contributed by atoms with van der Waals surface area (Å²) < 4.78 is 0. The average molecular weight is 377 g/mol. The van der Waals surface area contributed by atoms with Crippen molar-refractivity contribution in [2.45, 2.75) is 51.4 Å². The number of aryl methyl sites for hydroxylation is 1. The number of piperidine rings is 1. The Morgan fingerprint density at radius 2 is 1.65 bits per heavy atom. The van der Waals surface area contributed by atoms with Gasteiger partial charge in [0.15, 0.2) is 0 Å². The monoisotopic (exact) mass is 376 g/mol. The number of rotatable bonds is 4. The van der Waals surface area contributed by atoms with Gasteiger partial charge >= 0.3 is 0 Å². The molecule has 0 aliphatic carbocycles. The van der Waals surface area contributed by atoms with Crippen molar-refractivity contribution in [2.24, 2.45) is 5.92 Å². The van der Waals surface area contributed by atoms with Gasteiger partial charge in [-0.05, 0) is 49.8 Å². The fourth-order valence-corrected chi connectivity index (χ4v) is 4.24. The predicted molar refractivity (Wildman–Crippen MR) is 104 cm³/mol. The van der Waals surface area contributed by atoms with Crippen LogP contribution in [0.15, 0.2) is 24.3 Å². The first-order chi connectivity index (χ1) is 12.6. The molecule has 2 aliphatic heterocycles. The number of carbonyl (C=O) groups excluding carboxylic acids is 2. The Bertz CT molecular complexity index is 618. The van der Waals surface area contributed by atoms with Crippen molar-refractivity contribution < 1.29 is 9.59 Å². The maximum Gasteiger partial charge on any atom is 0.225 e. The molecule has 4 nitrogen and oxygen atoms in total. The number of nitrogens with zero attached hydrogens (tertiary/aromatic N) is 2. The van der Waals surface area contributed by atoms with E-state index in [-0.39, 0.29) is 11.8 Å². The van der Waals surface area contributed by atoms with Gasteiger partial charge in [0.1, 0.15) is 0 Å². The number of halogens is 1. The first kappa shape index (κ1) is 19.2. The highest BCUT2D eigenvalue weighted by atomic mass is 35.5. The molecule has 0 atom stereocenters. The van der Waals surface area contributed by atoms with Crippen molar-refractivity contribution in [3.63, 3.8) is 0 Å². The summed E-state index contributed by atoms with van der Waals surface area (Å²) in [4.78, 5) is 29.2. The minimum Gasteiger partial charge on any atom is -0.343 e. The number of hydrogen-bond donors (Lipinski definition) is 0. The normalized spacial score (nSPS) is 19.3. The van der Waals surface area contributed by atoms with E-state index in [4.69, 9.17) is 11.6 Å². The number of amides is 2. The van der Waals surface area contributed by atoms with Crippen molar-refractivity contribution in [1.82, 2.24) is 9.80 Å². The molecule has 0 radical (unpaired) electrons. The minimum absolute atomic E-state index is 0.102. The summed E-state index contributed by atoms with van der Waals surface area (Å²) in [5.74, 6) is 0.605. The largest absolute Gasteiger partial charge is 0.343 e. The van der Waals surface area contributed by atoms with Crippen molar-refractivity contribution in [1.29, 1.82) is 0 Å². The van der Waals surface area contributed by atoms with Gasteiger partial charge in [0, 0.05) is 43.5 Å². The zero-order chi connectivity index (χ0) is 18.4. The van der Waals surface area contributed by atoms with Gasteiger partial charge in [0.2, 0.25) is 11.8 Å². The standard InChI is InChI=1S/C21H29ClN2O2/c22-19-7-5-6-17(16-19)8-9-20(25)23-14-10-18(11-15-23)21(26)24-12-3-1-2-4-13-24/h5-7,16,18H,1-4,8-15H2. The van der Waals surface area contributed by atoms with Crippen LogP contribution in [0.3, 0.4) is 0 Å². The van der Waals surface area contributed by atoms with Gasteiger partial charge in [0.25, 0.3) is 0 Å². The number of likely N-dealkylation sites (tertiary alicyclic amines) is 2. The summed E-state index contributed by atoms with van der Waals surface area (Å²) >= 11 is 6.00. The Labute approximate surface area is 161 Å². The van der Waals surface area contributed by atoms with Crippen LogP contribution in [0.4, 0.5) is 0 Å².